The highest BCUT2D eigenvalue weighted by Gasteiger charge is 2.42. The summed E-state index contributed by atoms with van der Waals surface area (Å²) in [6.07, 6.45) is -5.06. The van der Waals surface area contributed by atoms with Gasteiger partial charge in [-0.25, -0.2) is 13.1 Å². The molecule has 0 N–H and O–H groups in total. The van der Waals surface area contributed by atoms with E-state index >= 15 is 0 Å². The summed E-state index contributed by atoms with van der Waals surface area (Å²) in [7, 11) is -3.29. The minimum Gasteiger partial charge on any atom is -0.389 e. The summed E-state index contributed by atoms with van der Waals surface area (Å²) in [5.74, 6) is -2.53. The Morgan fingerprint density at radius 2 is 1.95 bits per heavy atom. The third-order valence-corrected chi connectivity index (χ3v) is 4.61. The van der Waals surface area contributed by atoms with E-state index in [1.54, 1.807) is 13.8 Å². The van der Waals surface area contributed by atoms with Crippen LogP contribution in [0.3, 0.4) is 0 Å². The molecule has 2 heterocycles. The topological polar surface area (TPSA) is 73.5 Å². The van der Waals surface area contributed by atoms with Crippen LogP contribution in [0.1, 0.15) is 31.5 Å². The van der Waals surface area contributed by atoms with Gasteiger partial charge in [0.15, 0.2) is 20.6 Å². The molecule has 6 nitrogen and oxygen atoms in total. The van der Waals surface area contributed by atoms with Crippen molar-refractivity contribution in [1.29, 1.82) is 0 Å². The Hall–Kier alpha value is -1.65. The first kappa shape index (κ1) is 16.7. The molecular formula is C11H13F4N3O3S. The second-order valence-corrected chi connectivity index (χ2v) is 7.50. The average molecular weight is 343 g/mol. The molecule has 0 saturated carbocycles. The summed E-state index contributed by atoms with van der Waals surface area (Å²) in [5, 5.41) is 5.98. The van der Waals surface area contributed by atoms with Gasteiger partial charge >= 0.3 is 6.18 Å². The maximum absolute atomic E-state index is 13.8. The number of hydrogen-bond donors (Lipinski definition) is 0. The smallest absolute Gasteiger partial charge is 0.389 e. The maximum Gasteiger partial charge on any atom is 0.435 e. The Balaban J connectivity index is 2.39. The molecule has 0 amide bonds. The van der Waals surface area contributed by atoms with Gasteiger partial charge in [0, 0.05) is 13.5 Å². The first-order chi connectivity index (χ1) is 9.83. The highest BCUT2D eigenvalue weighted by molar-refractivity contribution is 8.05. The van der Waals surface area contributed by atoms with Crippen LogP contribution in [0.2, 0.25) is 0 Å². The van der Waals surface area contributed by atoms with E-state index in [0.29, 0.717) is 4.68 Å². The fourth-order valence-corrected chi connectivity index (χ4v) is 3.47. The highest BCUT2D eigenvalue weighted by Crippen LogP contribution is 2.34. The van der Waals surface area contributed by atoms with E-state index < -0.39 is 49.6 Å². The number of nitrogens with zero attached hydrogens (tertiary/aromatic N) is 3. The number of hydrogen-bond acceptors (Lipinski definition) is 5. The Bertz CT molecular complexity index is 734. The van der Waals surface area contributed by atoms with Crippen molar-refractivity contribution in [2.24, 2.45) is 12.2 Å². The van der Waals surface area contributed by atoms with Gasteiger partial charge in [-0.15, -0.1) is 0 Å². The summed E-state index contributed by atoms with van der Waals surface area (Å²) in [4.78, 5) is 4.88. The van der Waals surface area contributed by atoms with E-state index in [9.17, 15) is 26.0 Å². The zero-order valence-electron chi connectivity index (χ0n) is 11.9. The normalized spacial score (nSPS) is 18.2. The van der Waals surface area contributed by atoms with Crippen molar-refractivity contribution in [1.82, 2.24) is 9.78 Å². The first-order valence-corrected chi connectivity index (χ1v) is 7.75. The molecule has 0 radical (unpaired) electrons. The number of oxime groups is 1. The monoisotopic (exact) mass is 343 g/mol. The van der Waals surface area contributed by atoms with E-state index in [1.165, 1.54) is 0 Å². The molecule has 0 saturated heterocycles. The van der Waals surface area contributed by atoms with Gasteiger partial charge in [0.1, 0.15) is 5.60 Å². The minimum atomic E-state index is -4.96. The van der Waals surface area contributed by atoms with Crippen LogP contribution in [0.25, 0.3) is 0 Å². The molecule has 2 rings (SSSR count). The number of sulfone groups is 1. The van der Waals surface area contributed by atoms with Gasteiger partial charge in [-0.05, 0) is 13.8 Å². The molecule has 0 fully saturated rings. The lowest BCUT2D eigenvalue weighted by atomic mass is 10.1. The van der Waals surface area contributed by atoms with Gasteiger partial charge < -0.3 is 4.84 Å². The van der Waals surface area contributed by atoms with Gasteiger partial charge in [-0.1, -0.05) is 5.16 Å². The fraction of sp³-hybridized carbons (Fsp3) is 0.636. The number of alkyl halides is 3. The Kier molecular flexibility index (Phi) is 3.75. The Morgan fingerprint density at radius 1 is 1.36 bits per heavy atom. The first-order valence-electron chi connectivity index (χ1n) is 6.10. The summed E-state index contributed by atoms with van der Waals surface area (Å²) in [6, 6.07) is 0. The van der Waals surface area contributed by atoms with E-state index in [1.807, 2.05) is 0 Å². The number of halogens is 4. The van der Waals surface area contributed by atoms with Crippen molar-refractivity contribution < 1.29 is 30.8 Å². The van der Waals surface area contributed by atoms with Crippen LogP contribution in [-0.2, 0) is 33.7 Å². The SMILES string of the molecule is Cn1nc(C(F)(F)F)c(CS(=O)(=O)C2=NOC(C)(C)C2)c1F. The Morgan fingerprint density at radius 3 is 2.41 bits per heavy atom. The van der Waals surface area contributed by atoms with Crippen LogP contribution >= 0.6 is 0 Å². The summed E-state index contributed by atoms with van der Waals surface area (Å²) in [5.41, 5.74) is -3.46. The van der Waals surface area contributed by atoms with Crippen LogP contribution in [0.4, 0.5) is 17.6 Å². The van der Waals surface area contributed by atoms with E-state index in [-0.39, 0.29) is 6.42 Å². The van der Waals surface area contributed by atoms with Crippen LogP contribution in [-0.4, -0.2) is 28.8 Å². The van der Waals surface area contributed by atoms with Crippen molar-refractivity contribution in [2.45, 2.75) is 37.8 Å². The van der Waals surface area contributed by atoms with Crippen molar-refractivity contribution in [3.8, 4) is 0 Å². The van der Waals surface area contributed by atoms with E-state index in [2.05, 4.69) is 10.3 Å². The van der Waals surface area contributed by atoms with Crippen molar-refractivity contribution in [2.75, 3.05) is 0 Å². The van der Waals surface area contributed by atoms with Gasteiger partial charge in [-0.2, -0.15) is 22.7 Å². The molecule has 1 aliphatic rings. The second-order valence-electron chi connectivity index (χ2n) is 5.51. The molecule has 1 aromatic heterocycles. The van der Waals surface area contributed by atoms with Crippen molar-refractivity contribution >= 4 is 14.9 Å². The average Bonchev–Trinajstić information content (AvgIpc) is 2.83. The molecule has 0 aromatic carbocycles. The summed E-state index contributed by atoms with van der Waals surface area (Å²) in [6.45, 7) is 3.15. The van der Waals surface area contributed by atoms with Gasteiger partial charge in [0.25, 0.3) is 0 Å². The molecule has 22 heavy (non-hydrogen) atoms. The maximum atomic E-state index is 13.8. The number of aryl methyl sites for hydroxylation is 1. The summed E-state index contributed by atoms with van der Waals surface area (Å²) >= 11 is 0. The molecule has 0 atom stereocenters. The molecular weight excluding hydrogens is 330 g/mol. The fourth-order valence-electron chi connectivity index (χ4n) is 1.95. The molecule has 11 heteroatoms. The van der Waals surface area contributed by atoms with Gasteiger partial charge in [-0.3, -0.25) is 0 Å². The predicted molar refractivity (Wildman–Crippen MR) is 68.0 cm³/mol. The molecule has 0 unspecified atom stereocenters. The zero-order chi connectivity index (χ0) is 16.9. The minimum absolute atomic E-state index is 0.0986. The highest BCUT2D eigenvalue weighted by atomic mass is 32.2. The summed E-state index contributed by atoms with van der Waals surface area (Å²) < 4.78 is 76.9. The third-order valence-electron chi connectivity index (χ3n) is 3.00. The molecule has 1 aliphatic heterocycles. The molecule has 0 aliphatic carbocycles. The van der Waals surface area contributed by atoms with E-state index in [4.69, 9.17) is 4.84 Å². The van der Waals surface area contributed by atoms with Crippen LogP contribution in [0.5, 0.6) is 0 Å². The lowest BCUT2D eigenvalue weighted by Crippen LogP contribution is -2.24. The molecule has 1 aromatic rings. The quantitative estimate of drug-likeness (QED) is 0.770. The molecule has 124 valence electrons. The van der Waals surface area contributed by atoms with Gasteiger partial charge in [0.05, 0.1) is 11.3 Å². The van der Waals surface area contributed by atoms with E-state index in [0.717, 1.165) is 7.05 Å². The van der Waals surface area contributed by atoms with Crippen LogP contribution in [0.15, 0.2) is 5.16 Å². The van der Waals surface area contributed by atoms with Crippen molar-refractivity contribution in [3.05, 3.63) is 17.2 Å². The number of aromatic nitrogens is 2. The zero-order valence-corrected chi connectivity index (χ0v) is 12.7. The third kappa shape index (κ3) is 3.08. The largest absolute Gasteiger partial charge is 0.435 e. The van der Waals surface area contributed by atoms with Crippen molar-refractivity contribution in [3.63, 3.8) is 0 Å². The number of rotatable bonds is 2. The second kappa shape index (κ2) is 4.93. The van der Waals surface area contributed by atoms with Crippen LogP contribution in [0, 0.1) is 5.95 Å². The lowest BCUT2D eigenvalue weighted by Gasteiger charge is -2.13. The molecule has 0 spiro atoms. The molecule has 0 bridgehead atoms. The van der Waals surface area contributed by atoms with Crippen LogP contribution < -0.4 is 0 Å². The standard InChI is InChI=1S/C11H13F4N3O3S/c1-10(2)4-7(17-21-10)22(19,20)5-6-8(11(13,14)15)16-18(3)9(6)12/h4-5H2,1-3H3. The van der Waals surface area contributed by atoms with Gasteiger partial charge in [0.2, 0.25) is 5.95 Å². The lowest BCUT2D eigenvalue weighted by molar-refractivity contribution is -0.141. The predicted octanol–water partition coefficient (Wildman–Crippen LogP) is 2.01. The Labute approximate surface area is 123 Å².